The van der Waals surface area contributed by atoms with Crippen molar-refractivity contribution in [3.63, 3.8) is 0 Å². The summed E-state index contributed by atoms with van der Waals surface area (Å²) in [5.41, 5.74) is 0. The summed E-state index contributed by atoms with van der Waals surface area (Å²) >= 11 is 0. The molecule has 0 fully saturated rings. The molecular weight excluding hydrogens is 148 g/mol. The van der Waals surface area contributed by atoms with E-state index in [1.807, 2.05) is 0 Å². The average Bonchev–Trinajstić information content (AvgIpc) is 0.918. The molecule has 0 rings (SSSR count). The van der Waals surface area contributed by atoms with Crippen LogP contribution in [0.5, 0.6) is 0 Å². The Morgan fingerprint density at radius 2 is 1.50 bits per heavy atom. The molecule has 32 valence electrons. The van der Waals surface area contributed by atoms with Crippen molar-refractivity contribution in [3.8, 4) is 0 Å². The summed E-state index contributed by atoms with van der Waals surface area (Å²) in [6.45, 7) is 5.00. The fourth-order valence-corrected chi connectivity index (χ4v) is 0. The zero-order valence-electron chi connectivity index (χ0n) is 4.36. The Bertz CT molecular complexity index is 15.0. The van der Waals surface area contributed by atoms with Crippen molar-refractivity contribution in [2.24, 2.45) is 0 Å². The van der Waals surface area contributed by atoms with Crippen molar-refractivity contribution in [3.05, 3.63) is 20.1 Å². The normalized spacial score (nSPS) is 2.17. The van der Waals surface area contributed by atoms with E-state index in [2.05, 4.69) is 12.7 Å². The van der Waals surface area contributed by atoms with E-state index in [1.54, 1.807) is 6.92 Å². The Hall–Kier alpha value is 0.909. The molecule has 0 amide bonds. The topological polar surface area (TPSA) is 0 Å². The van der Waals surface area contributed by atoms with Crippen LogP contribution in [0.1, 0.15) is 6.92 Å². The van der Waals surface area contributed by atoms with E-state index in [0.717, 1.165) is 0 Å². The van der Waals surface area contributed by atoms with Crippen LogP contribution < -0.4 is 0 Å². The summed E-state index contributed by atoms with van der Waals surface area (Å²) in [5, 5.41) is 0. The molecule has 0 spiro atoms. The Morgan fingerprint density at radius 3 is 1.50 bits per heavy atom. The van der Waals surface area contributed by atoms with Crippen molar-refractivity contribution >= 4 is 8.41 Å². The predicted octanol–water partition coefficient (Wildman–Crippen LogP) is 1.06. The van der Waals surface area contributed by atoms with Crippen LogP contribution in [0.15, 0.2) is 6.58 Å². The molecule has 0 saturated carbocycles. The van der Waals surface area contributed by atoms with E-state index in [0.29, 0.717) is 0 Å². The van der Waals surface area contributed by atoms with Gasteiger partial charge in [0.1, 0.15) is 0 Å². The first kappa shape index (κ1) is 28.5. The molecule has 0 aromatic rings. The van der Waals surface area contributed by atoms with Crippen LogP contribution in [0.2, 0.25) is 0 Å². The van der Waals surface area contributed by atoms with Crippen LogP contribution >= 0.6 is 0 Å². The minimum absolute atomic E-state index is 0. The number of allylic oxidation sites excluding steroid dienone is 1. The van der Waals surface area contributed by atoms with Crippen LogP contribution in [-0.4, -0.2) is 8.41 Å². The quantitative estimate of drug-likeness (QED) is 0.363. The van der Waals surface area contributed by atoms with Crippen LogP contribution in [0, 0.1) is 13.5 Å². The van der Waals surface area contributed by atoms with Crippen LogP contribution in [0.25, 0.3) is 0 Å². The third-order valence-corrected chi connectivity index (χ3v) is 0. The molecule has 0 nitrogen and oxygen atoms in total. The Morgan fingerprint density at radius 1 is 1.50 bits per heavy atom. The summed E-state index contributed by atoms with van der Waals surface area (Å²) < 4.78 is 0. The van der Waals surface area contributed by atoms with Crippen molar-refractivity contribution < 1.29 is 32.7 Å². The second-order valence-electron chi connectivity index (χ2n) is 0.354. The van der Waals surface area contributed by atoms with E-state index < -0.39 is 0 Å². The first-order valence-corrected chi connectivity index (χ1v) is 0.854. The van der Waals surface area contributed by atoms with Gasteiger partial charge in [-0.05, 0) is 0 Å². The van der Waals surface area contributed by atoms with E-state index >= 15 is 0 Å². The van der Waals surface area contributed by atoms with Gasteiger partial charge in [0.25, 0.3) is 0 Å². The fraction of sp³-hybridized carbons (Fsp3) is 0.250. The second kappa shape index (κ2) is 39.1. The largest absolute Gasteiger partial charge is 0.507 e. The Balaban J connectivity index is -0.00000000667. The Kier molecular flexibility index (Phi) is 186. The molecule has 4 radical (unpaired) electrons. The molecule has 0 aromatic carbocycles. The zero-order valence-corrected chi connectivity index (χ0v) is 7.20. The van der Waals surface area contributed by atoms with Gasteiger partial charge in [0, 0.05) is 41.1 Å². The molecule has 2 heteroatoms. The molecule has 0 aliphatic heterocycles. The first-order valence-electron chi connectivity index (χ1n) is 0.854. The number of hydrogen-bond donors (Lipinski definition) is 0. The van der Waals surface area contributed by atoms with Gasteiger partial charge < -0.3 is 13.5 Å². The van der Waals surface area contributed by atoms with Crippen molar-refractivity contribution in [2.75, 3.05) is 0 Å². The third kappa shape index (κ3) is 90.8. The molecule has 0 aliphatic rings. The average molecular weight is 156 g/mol. The van der Waals surface area contributed by atoms with Gasteiger partial charge in [0.2, 0.25) is 0 Å². The molecule has 0 unspecified atom stereocenters. The summed E-state index contributed by atoms with van der Waals surface area (Å²) in [6, 6.07) is 0. The molecule has 0 bridgehead atoms. The van der Waals surface area contributed by atoms with Crippen molar-refractivity contribution in [1.82, 2.24) is 0 Å². The molecular formula is C4H8BY-2. The summed E-state index contributed by atoms with van der Waals surface area (Å²) in [6.07, 6.45) is 2.50. The summed E-state index contributed by atoms with van der Waals surface area (Å²) in [7, 11) is 0. The molecule has 0 atom stereocenters. The molecule has 0 saturated heterocycles. The van der Waals surface area contributed by atoms with Crippen LogP contribution in [-0.2, 0) is 32.7 Å². The van der Waals surface area contributed by atoms with Gasteiger partial charge in [0.15, 0.2) is 0 Å². The first-order chi connectivity index (χ1) is 1.41. The van der Waals surface area contributed by atoms with Crippen LogP contribution in [0.3, 0.4) is 0 Å². The smallest absolute Gasteiger partial charge is 0 e. The Labute approximate surface area is 67.9 Å². The van der Waals surface area contributed by atoms with E-state index in [4.69, 9.17) is 0 Å². The maximum atomic E-state index is 3.24. The van der Waals surface area contributed by atoms with Crippen molar-refractivity contribution in [1.29, 1.82) is 0 Å². The monoisotopic (exact) mass is 156 g/mol. The summed E-state index contributed by atoms with van der Waals surface area (Å²) in [5.74, 6) is 0. The molecule has 0 N–H and O–H groups in total. The van der Waals surface area contributed by atoms with Gasteiger partial charge in [-0.3, -0.25) is 6.58 Å². The molecule has 0 aromatic heterocycles. The number of hydrogen-bond acceptors (Lipinski definition) is 0. The predicted molar refractivity (Wildman–Crippen MR) is 26.7 cm³/mol. The fourth-order valence-electron chi connectivity index (χ4n) is 0. The minimum atomic E-state index is 0. The van der Waals surface area contributed by atoms with Gasteiger partial charge in [0.05, 0.1) is 0 Å². The van der Waals surface area contributed by atoms with Crippen molar-refractivity contribution in [2.45, 2.75) is 6.92 Å². The minimum Gasteiger partial charge on any atom is -0.507 e. The van der Waals surface area contributed by atoms with E-state index in [-0.39, 0.29) is 48.5 Å². The standard InChI is InChI=1S/C3H5.CH3.B.Y/c1-3-2;;;/h1H2,2H3;1H3;;/q2*-1;;. The third-order valence-electron chi connectivity index (χ3n) is 0. The zero-order chi connectivity index (χ0) is 2.71. The van der Waals surface area contributed by atoms with Gasteiger partial charge in [-0.2, -0.15) is 6.92 Å². The van der Waals surface area contributed by atoms with E-state index in [1.165, 1.54) is 0 Å². The maximum Gasteiger partial charge on any atom is 0 e. The second-order valence-corrected chi connectivity index (χ2v) is 0.354. The van der Waals surface area contributed by atoms with Crippen LogP contribution in [0.4, 0.5) is 0 Å². The van der Waals surface area contributed by atoms with Gasteiger partial charge in [-0.15, -0.1) is 0 Å². The molecule has 0 aliphatic carbocycles. The van der Waals surface area contributed by atoms with Gasteiger partial charge >= 0.3 is 0 Å². The summed E-state index contributed by atoms with van der Waals surface area (Å²) in [4.78, 5) is 0. The van der Waals surface area contributed by atoms with E-state index in [9.17, 15) is 0 Å². The molecule has 0 heterocycles. The maximum absolute atomic E-state index is 3.24. The van der Waals surface area contributed by atoms with Gasteiger partial charge in [-0.25, -0.2) is 0 Å². The molecule has 6 heavy (non-hydrogen) atoms. The SMILES string of the molecule is C=[C-]C.[B].[CH3-].[Y]. The van der Waals surface area contributed by atoms with Gasteiger partial charge in [-0.1, -0.05) is 0 Å². The number of rotatable bonds is 0.